The van der Waals surface area contributed by atoms with Crippen molar-refractivity contribution in [2.45, 2.75) is 99.0 Å². The van der Waals surface area contributed by atoms with Crippen molar-refractivity contribution < 1.29 is 74.4 Å². The van der Waals surface area contributed by atoms with Crippen molar-refractivity contribution in [3.8, 4) is 0 Å². The highest BCUT2D eigenvalue weighted by Crippen LogP contribution is 2.33. The van der Waals surface area contributed by atoms with Gasteiger partial charge in [0.25, 0.3) is 0 Å². The molecule has 3 aliphatic heterocycles. The molecular weight excluding hydrogens is 468 g/mol. The van der Waals surface area contributed by atoms with E-state index < -0.39 is 105 Å². The van der Waals surface area contributed by atoms with Gasteiger partial charge in [-0.15, -0.1) is 0 Å². The Bertz CT molecular complexity index is 639. The van der Waals surface area contributed by atoms with Crippen LogP contribution in [0.1, 0.15) is 6.92 Å². The first-order valence-corrected chi connectivity index (χ1v) is 10.8. The number of hydrogen-bond acceptors (Lipinski definition) is 15. The van der Waals surface area contributed by atoms with Crippen molar-refractivity contribution in [1.82, 2.24) is 0 Å². The number of rotatable bonds is 7. The zero-order valence-electron chi connectivity index (χ0n) is 18.5. The fourth-order valence-corrected chi connectivity index (χ4v) is 4.17. The first kappa shape index (κ1) is 28.0. The van der Waals surface area contributed by atoms with Crippen LogP contribution in [0, 0.1) is 0 Å². The number of ether oxygens (including phenoxy) is 6. The molecule has 15 atom stereocenters. The lowest BCUT2D eigenvalue weighted by atomic mass is 9.96. The van der Waals surface area contributed by atoms with Gasteiger partial charge in [0.2, 0.25) is 0 Å². The summed E-state index contributed by atoms with van der Waals surface area (Å²) in [7, 11) is 1.21. The van der Waals surface area contributed by atoms with E-state index in [2.05, 4.69) is 0 Å². The molecule has 0 spiro atoms. The summed E-state index contributed by atoms with van der Waals surface area (Å²) in [6.07, 6.45) is -22.6. The van der Waals surface area contributed by atoms with Crippen LogP contribution in [0.5, 0.6) is 0 Å². The Morgan fingerprint density at radius 1 is 0.559 bits per heavy atom. The number of aliphatic hydroxyl groups excluding tert-OH is 9. The minimum Gasteiger partial charge on any atom is -0.394 e. The van der Waals surface area contributed by atoms with Gasteiger partial charge in [-0.05, 0) is 6.92 Å². The van der Waals surface area contributed by atoms with Gasteiger partial charge in [-0.2, -0.15) is 0 Å². The highest BCUT2D eigenvalue weighted by molar-refractivity contribution is 4.96. The standard InChI is InChI=1S/C19H34O15/c1-5-8(22)10(24)12(26)18(30-5)33-15-7(4-21)32-17(29-2)14(28)16(15)34-19-13(27)11(25)9(23)6(3-20)31-19/h5-28H,3-4H2,1-2H3/t5-,6+,7+,8+,9+,10+,11-,12-,13+,14+,15-,16+,17-,18+,19-/m0/s1. The van der Waals surface area contributed by atoms with E-state index in [1.165, 1.54) is 14.0 Å². The Labute approximate surface area is 194 Å². The van der Waals surface area contributed by atoms with Crippen LogP contribution >= 0.6 is 0 Å². The molecule has 0 aromatic carbocycles. The smallest absolute Gasteiger partial charge is 0.187 e. The number of aliphatic hydroxyl groups is 9. The molecule has 0 saturated carbocycles. The van der Waals surface area contributed by atoms with Crippen LogP contribution in [0.15, 0.2) is 0 Å². The predicted molar refractivity (Wildman–Crippen MR) is 105 cm³/mol. The van der Waals surface area contributed by atoms with Crippen molar-refractivity contribution in [2.75, 3.05) is 20.3 Å². The van der Waals surface area contributed by atoms with E-state index in [9.17, 15) is 46.0 Å². The summed E-state index contributed by atoms with van der Waals surface area (Å²) in [5.41, 5.74) is 0. The monoisotopic (exact) mass is 502 g/mol. The Morgan fingerprint density at radius 3 is 1.62 bits per heavy atom. The average Bonchev–Trinajstić information content (AvgIpc) is 2.83. The van der Waals surface area contributed by atoms with Crippen LogP contribution in [-0.2, 0) is 28.4 Å². The summed E-state index contributed by atoms with van der Waals surface area (Å²) in [5, 5.41) is 90.7. The van der Waals surface area contributed by atoms with Crippen LogP contribution in [0.25, 0.3) is 0 Å². The molecule has 0 unspecified atom stereocenters. The highest BCUT2D eigenvalue weighted by atomic mass is 16.8. The fraction of sp³-hybridized carbons (Fsp3) is 1.00. The zero-order chi connectivity index (χ0) is 25.3. The Balaban J connectivity index is 1.86. The van der Waals surface area contributed by atoms with E-state index >= 15 is 0 Å². The lowest BCUT2D eigenvalue weighted by molar-refractivity contribution is -0.384. The van der Waals surface area contributed by atoms with Crippen LogP contribution in [-0.4, -0.2) is 158 Å². The van der Waals surface area contributed by atoms with E-state index in [0.29, 0.717) is 0 Å². The van der Waals surface area contributed by atoms with E-state index in [0.717, 1.165) is 0 Å². The van der Waals surface area contributed by atoms with Crippen molar-refractivity contribution >= 4 is 0 Å². The summed E-state index contributed by atoms with van der Waals surface area (Å²) < 4.78 is 32.7. The van der Waals surface area contributed by atoms with Gasteiger partial charge < -0.3 is 74.4 Å². The lowest BCUT2D eigenvalue weighted by Gasteiger charge is -2.48. The third kappa shape index (κ3) is 5.39. The van der Waals surface area contributed by atoms with Gasteiger partial charge in [-0.3, -0.25) is 0 Å². The molecule has 0 aromatic heterocycles. The minimum atomic E-state index is -1.81. The van der Waals surface area contributed by atoms with E-state index in [1.807, 2.05) is 0 Å². The van der Waals surface area contributed by atoms with Gasteiger partial charge in [0.1, 0.15) is 67.1 Å². The second kappa shape index (κ2) is 11.6. The minimum absolute atomic E-state index is 0.685. The number of methoxy groups -OCH3 is 1. The summed E-state index contributed by atoms with van der Waals surface area (Å²) >= 11 is 0. The van der Waals surface area contributed by atoms with Gasteiger partial charge in [0.15, 0.2) is 18.9 Å². The topological polar surface area (TPSA) is 237 Å². The molecular formula is C19H34O15. The second-order valence-corrected chi connectivity index (χ2v) is 8.53. The molecule has 0 bridgehead atoms. The number of hydrogen-bond donors (Lipinski definition) is 9. The first-order chi connectivity index (χ1) is 16.0. The van der Waals surface area contributed by atoms with Crippen molar-refractivity contribution in [3.63, 3.8) is 0 Å². The molecule has 200 valence electrons. The molecule has 0 radical (unpaired) electrons. The largest absolute Gasteiger partial charge is 0.394 e. The molecule has 34 heavy (non-hydrogen) atoms. The summed E-state index contributed by atoms with van der Waals surface area (Å²) in [6.45, 7) is 0.0192. The summed E-state index contributed by atoms with van der Waals surface area (Å²) in [6, 6.07) is 0. The molecule has 15 heteroatoms. The zero-order valence-corrected chi connectivity index (χ0v) is 18.5. The first-order valence-electron chi connectivity index (χ1n) is 10.8. The van der Waals surface area contributed by atoms with Crippen molar-refractivity contribution in [2.24, 2.45) is 0 Å². The Kier molecular flexibility index (Phi) is 9.57. The molecule has 0 aliphatic carbocycles. The summed E-state index contributed by atoms with van der Waals surface area (Å²) in [5.74, 6) is 0. The van der Waals surface area contributed by atoms with Crippen LogP contribution in [0.2, 0.25) is 0 Å². The van der Waals surface area contributed by atoms with E-state index in [1.54, 1.807) is 0 Å². The van der Waals surface area contributed by atoms with Gasteiger partial charge in [0.05, 0.1) is 19.3 Å². The highest BCUT2D eigenvalue weighted by Gasteiger charge is 2.53. The molecule has 0 aromatic rings. The molecule has 3 aliphatic rings. The molecule has 3 rings (SSSR count). The van der Waals surface area contributed by atoms with E-state index in [-0.39, 0.29) is 0 Å². The molecule has 3 heterocycles. The lowest BCUT2D eigenvalue weighted by Crippen LogP contribution is -2.67. The van der Waals surface area contributed by atoms with E-state index in [4.69, 9.17) is 28.4 Å². The van der Waals surface area contributed by atoms with Crippen LogP contribution in [0.4, 0.5) is 0 Å². The molecule has 9 N–H and O–H groups in total. The average molecular weight is 502 g/mol. The maximum atomic E-state index is 10.8. The molecule has 3 fully saturated rings. The Morgan fingerprint density at radius 2 is 1.06 bits per heavy atom. The van der Waals surface area contributed by atoms with Crippen LogP contribution in [0.3, 0.4) is 0 Å². The summed E-state index contributed by atoms with van der Waals surface area (Å²) in [4.78, 5) is 0. The second-order valence-electron chi connectivity index (χ2n) is 8.53. The maximum absolute atomic E-state index is 10.8. The third-order valence-electron chi connectivity index (χ3n) is 6.27. The third-order valence-corrected chi connectivity index (χ3v) is 6.27. The molecule has 0 amide bonds. The maximum Gasteiger partial charge on any atom is 0.187 e. The fourth-order valence-electron chi connectivity index (χ4n) is 4.17. The van der Waals surface area contributed by atoms with Gasteiger partial charge >= 0.3 is 0 Å². The van der Waals surface area contributed by atoms with Gasteiger partial charge in [-0.25, -0.2) is 0 Å². The Hall–Kier alpha value is -0.600. The molecule has 3 saturated heterocycles. The predicted octanol–water partition coefficient (Wildman–Crippen LogP) is -5.89. The van der Waals surface area contributed by atoms with Gasteiger partial charge in [-0.1, -0.05) is 0 Å². The molecule has 15 nitrogen and oxygen atoms in total. The normalized spacial score (nSPS) is 52.5. The van der Waals surface area contributed by atoms with Crippen molar-refractivity contribution in [1.29, 1.82) is 0 Å². The van der Waals surface area contributed by atoms with Crippen molar-refractivity contribution in [3.05, 3.63) is 0 Å². The quantitative estimate of drug-likeness (QED) is 0.157. The van der Waals surface area contributed by atoms with Crippen LogP contribution < -0.4 is 0 Å². The SMILES string of the molecule is CO[C@H]1O[C@H](CO)[C@H](O[C@H]2O[C@@H](C)[C@@H](O)[C@@H](O)[C@@H]2O)[C@H](O[C@@H]2O[C@H](CO)[C@@H](O)[C@H](O)[C@H]2O)[C@H]1O. The van der Waals surface area contributed by atoms with Gasteiger partial charge in [0, 0.05) is 7.11 Å².